The SMILES string of the molecule is CC(C)CN(CCC(=O)N1CCNCC1)C(=O)c1ccc(C#N)cc1. The quantitative estimate of drug-likeness (QED) is 0.849. The van der Waals surface area contributed by atoms with Gasteiger partial charge >= 0.3 is 0 Å². The Bertz CT molecular complexity index is 628. The molecule has 0 aromatic heterocycles. The molecule has 1 heterocycles. The molecule has 0 spiro atoms. The van der Waals surface area contributed by atoms with Crippen molar-refractivity contribution < 1.29 is 9.59 Å². The van der Waals surface area contributed by atoms with E-state index in [1.807, 2.05) is 4.90 Å². The molecule has 1 N–H and O–H groups in total. The molecular formula is C19H26N4O2. The Labute approximate surface area is 149 Å². The number of carbonyl (C=O) groups excluding carboxylic acids is 2. The summed E-state index contributed by atoms with van der Waals surface area (Å²) in [4.78, 5) is 28.7. The second-order valence-electron chi connectivity index (χ2n) is 6.71. The zero-order valence-corrected chi connectivity index (χ0v) is 15.0. The molecule has 2 rings (SSSR count). The van der Waals surface area contributed by atoms with Crippen molar-refractivity contribution in [2.75, 3.05) is 39.3 Å². The van der Waals surface area contributed by atoms with E-state index in [0.717, 1.165) is 26.2 Å². The maximum absolute atomic E-state index is 12.8. The van der Waals surface area contributed by atoms with Gasteiger partial charge < -0.3 is 15.1 Å². The van der Waals surface area contributed by atoms with Gasteiger partial charge in [-0.15, -0.1) is 0 Å². The van der Waals surface area contributed by atoms with Crippen LogP contribution in [0, 0.1) is 17.2 Å². The largest absolute Gasteiger partial charge is 0.340 e. The van der Waals surface area contributed by atoms with Crippen molar-refractivity contribution in [1.82, 2.24) is 15.1 Å². The van der Waals surface area contributed by atoms with Gasteiger partial charge in [-0.2, -0.15) is 5.26 Å². The van der Waals surface area contributed by atoms with Crippen LogP contribution in [0.25, 0.3) is 0 Å². The Balaban J connectivity index is 2.00. The summed E-state index contributed by atoms with van der Waals surface area (Å²) in [6, 6.07) is 8.69. The van der Waals surface area contributed by atoms with Crippen LogP contribution in [0.15, 0.2) is 24.3 Å². The average Bonchev–Trinajstić information content (AvgIpc) is 2.64. The lowest BCUT2D eigenvalue weighted by Crippen LogP contribution is -2.47. The molecule has 0 unspecified atom stereocenters. The molecule has 0 saturated carbocycles. The van der Waals surface area contributed by atoms with E-state index < -0.39 is 0 Å². The van der Waals surface area contributed by atoms with Crippen molar-refractivity contribution in [3.05, 3.63) is 35.4 Å². The number of amides is 2. The summed E-state index contributed by atoms with van der Waals surface area (Å²) in [6.07, 6.45) is 0.342. The van der Waals surface area contributed by atoms with Crippen LogP contribution in [0.3, 0.4) is 0 Å². The lowest BCUT2D eigenvalue weighted by molar-refractivity contribution is -0.132. The second-order valence-corrected chi connectivity index (χ2v) is 6.71. The van der Waals surface area contributed by atoms with E-state index in [4.69, 9.17) is 5.26 Å². The Morgan fingerprint density at radius 3 is 2.44 bits per heavy atom. The van der Waals surface area contributed by atoms with Gasteiger partial charge in [-0.3, -0.25) is 9.59 Å². The van der Waals surface area contributed by atoms with Crippen LogP contribution in [-0.4, -0.2) is 60.9 Å². The number of nitriles is 1. The first-order valence-electron chi connectivity index (χ1n) is 8.79. The first-order valence-corrected chi connectivity index (χ1v) is 8.79. The van der Waals surface area contributed by atoms with Crippen LogP contribution in [0.1, 0.15) is 36.2 Å². The van der Waals surface area contributed by atoms with Crippen LogP contribution < -0.4 is 5.32 Å². The van der Waals surface area contributed by atoms with Gasteiger partial charge in [0.1, 0.15) is 0 Å². The molecule has 1 fully saturated rings. The number of rotatable bonds is 6. The summed E-state index contributed by atoms with van der Waals surface area (Å²) < 4.78 is 0. The van der Waals surface area contributed by atoms with E-state index in [-0.39, 0.29) is 11.8 Å². The number of nitrogens with zero attached hydrogens (tertiary/aromatic N) is 3. The molecule has 25 heavy (non-hydrogen) atoms. The number of benzene rings is 1. The molecule has 0 atom stereocenters. The smallest absolute Gasteiger partial charge is 0.253 e. The van der Waals surface area contributed by atoms with E-state index in [0.29, 0.717) is 36.6 Å². The zero-order valence-electron chi connectivity index (χ0n) is 15.0. The summed E-state index contributed by atoms with van der Waals surface area (Å²) in [7, 11) is 0. The van der Waals surface area contributed by atoms with Gasteiger partial charge in [0, 0.05) is 51.3 Å². The van der Waals surface area contributed by atoms with Crippen LogP contribution >= 0.6 is 0 Å². The van der Waals surface area contributed by atoms with E-state index in [2.05, 4.69) is 25.2 Å². The van der Waals surface area contributed by atoms with Crippen molar-refractivity contribution in [2.45, 2.75) is 20.3 Å². The molecule has 0 bridgehead atoms. The maximum Gasteiger partial charge on any atom is 0.253 e. The molecule has 0 radical (unpaired) electrons. The highest BCUT2D eigenvalue weighted by atomic mass is 16.2. The van der Waals surface area contributed by atoms with E-state index in [1.165, 1.54) is 0 Å². The van der Waals surface area contributed by atoms with E-state index in [1.54, 1.807) is 29.2 Å². The molecule has 6 nitrogen and oxygen atoms in total. The molecule has 1 aromatic rings. The minimum Gasteiger partial charge on any atom is -0.340 e. The fraction of sp³-hybridized carbons (Fsp3) is 0.526. The summed E-state index contributed by atoms with van der Waals surface area (Å²) in [5.74, 6) is 0.325. The first-order chi connectivity index (χ1) is 12.0. The fourth-order valence-electron chi connectivity index (χ4n) is 2.89. The summed E-state index contributed by atoms with van der Waals surface area (Å²) in [5.41, 5.74) is 1.08. The van der Waals surface area contributed by atoms with E-state index in [9.17, 15) is 9.59 Å². The highest BCUT2D eigenvalue weighted by Gasteiger charge is 2.21. The third-order valence-electron chi connectivity index (χ3n) is 4.20. The van der Waals surface area contributed by atoms with Gasteiger partial charge in [0.2, 0.25) is 5.91 Å². The molecular weight excluding hydrogens is 316 g/mol. The Morgan fingerprint density at radius 1 is 1.24 bits per heavy atom. The minimum absolute atomic E-state index is 0.0914. The molecule has 1 aromatic carbocycles. The maximum atomic E-state index is 12.8. The molecule has 1 saturated heterocycles. The lowest BCUT2D eigenvalue weighted by atomic mass is 10.1. The average molecular weight is 342 g/mol. The standard InChI is InChI=1S/C19H26N4O2/c1-15(2)14-23(10-7-18(24)22-11-8-21-9-12-22)19(25)17-5-3-16(13-20)4-6-17/h3-6,15,21H,7-12,14H2,1-2H3. The van der Waals surface area contributed by atoms with Crippen molar-refractivity contribution in [3.8, 4) is 6.07 Å². The van der Waals surface area contributed by atoms with Crippen molar-refractivity contribution in [2.24, 2.45) is 5.92 Å². The number of hydrogen-bond acceptors (Lipinski definition) is 4. The highest BCUT2D eigenvalue weighted by Crippen LogP contribution is 2.11. The van der Waals surface area contributed by atoms with Gasteiger partial charge in [-0.1, -0.05) is 13.8 Å². The molecule has 2 amide bonds. The topological polar surface area (TPSA) is 76.4 Å². The highest BCUT2D eigenvalue weighted by molar-refractivity contribution is 5.94. The zero-order chi connectivity index (χ0) is 18.2. The minimum atomic E-state index is -0.0914. The van der Waals surface area contributed by atoms with Gasteiger partial charge in [-0.05, 0) is 30.2 Å². The van der Waals surface area contributed by atoms with Crippen LogP contribution in [0.5, 0.6) is 0 Å². The third kappa shape index (κ3) is 5.57. The molecule has 0 aliphatic carbocycles. The van der Waals surface area contributed by atoms with Gasteiger partial charge in [-0.25, -0.2) is 0 Å². The summed E-state index contributed by atoms with van der Waals surface area (Å²) >= 11 is 0. The lowest BCUT2D eigenvalue weighted by Gasteiger charge is -2.29. The molecule has 1 aliphatic heterocycles. The first kappa shape index (κ1) is 18.9. The van der Waals surface area contributed by atoms with Crippen molar-refractivity contribution in [1.29, 1.82) is 5.26 Å². The Kier molecular flexibility index (Phi) is 6.96. The van der Waals surface area contributed by atoms with Crippen LogP contribution in [0.2, 0.25) is 0 Å². The van der Waals surface area contributed by atoms with E-state index >= 15 is 0 Å². The predicted octanol–water partition coefficient (Wildman–Crippen LogP) is 1.48. The second kappa shape index (κ2) is 9.19. The molecule has 1 aliphatic rings. The summed E-state index contributed by atoms with van der Waals surface area (Å²) in [5, 5.41) is 12.1. The van der Waals surface area contributed by atoms with Crippen molar-refractivity contribution in [3.63, 3.8) is 0 Å². The monoisotopic (exact) mass is 342 g/mol. The third-order valence-corrected chi connectivity index (χ3v) is 4.20. The normalized spacial score (nSPS) is 14.2. The Hall–Kier alpha value is -2.39. The number of piperazine rings is 1. The van der Waals surface area contributed by atoms with Crippen LogP contribution in [-0.2, 0) is 4.79 Å². The Morgan fingerprint density at radius 2 is 1.88 bits per heavy atom. The van der Waals surface area contributed by atoms with Crippen molar-refractivity contribution >= 4 is 11.8 Å². The van der Waals surface area contributed by atoms with Crippen LogP contribution in [0.4, 0.5) is 0 Å². The van der Waals surface area contributed by atoms with Gasteiger partial charge in [0.15, 0.2) is 0 Å². The number of carbonyl (C=O) groups is 2. The van der Waals surface area contributed by atoms with Gasteiger partial charge in [0.25, 0.3) is 5.91 Å². The molecule has 134 valence electrons. The number of nitrogens with one attached hydrogen (secondary N) is 1. The fourth-order valence-corrected chi connectivity index (χ4v) is 2.89. The predicted molar refractivity (Wildman–Crippen MR) is 96.0 cm³/mol. The molecule has 6 heteroatoms. The summed E-state index contributed by atoms with van der Waals surface area (Å²) in [6.45, 7) is 8.23. The number of hydrogen-bond donors (Lipinski definition) is 1. The van der Waals surface area contributed by atoms with Gasteiger partial charge in [0.05, 0.1) is 11.6 Å².